The van der Waals surface area contributed by atoms with E-state index in [-0.39, 0.29) is 17.2 Å². The average molecular weight is 314 g/mol. The summed E-state index contributed by atoms with van der Waals surface area (Å²) in [5.74, 6) is -0.421. The Morgan fingerprint density at radius 3 is 2.81 bits per heavy atom. The van der Waals surface area contributed by atoms with Gasteiger partial charge in [0.1, 0.15) is 11.4 Å². The van der Waals surface area contributed by atoms with Crippen molar-refractivity contribution in [3.8, 4) is 0 Å². The zero-order valence-corrected chi connectivity index (χ0v) is 13.4. The summed E-state index contributed by atoms with van der Waals surface area (Å²) in [6, 6.07) is 4.79. The molecule has 0 bridgehead atoms. The first-order chi connectivity index (χ1) is 9.76. The number of hydrogen-bond donors (Lipinski definition) is 0. The summed E-state index contributed by atoms with van der Waals surface area (Å²) in [6.45, 7) is 6.27. The average Bonchev–Trinajstić information content (AvgIpc) is 2.80. The van der Waals surface area contributed by atoms with Crippen LogP contribution in [0.1, 0.15) is 39.2 Å². The highest BCUT2D eigenvalue weighted by molar-refractivity contribution is 6.30. The molecule has 1 fully saturated rings. The minimum absolute atomic E-state index is 0.0846. The first-order valence-corrected chi connectivity index (χ1v) is 7.57. The van der Waals surface area contributed by atoms with Crippen LogP contribution in [-0.4, -0.2) is 29.2 Å². The molecule has 5 heteroatoms. The number of rotatable bonds is 2. The highest BCUT2D eigenvalue weighted by Gasteiger charge is 2.32. The molecule has 1 atom stereocenters. The molecule has 116 valence electrons. The van der Waals surface area contributed by atoms with E-state index in [4.69, 9.17) is 16.3 Å². The largest absolute Gasteiger partial charge is 0.444 e. The molecule has 0 saturated carbocycles. The third-order valence-corrected chi connectivity index (χ3v) is 3.75. The lowest BCUT2D eigenvalue weighted by molar-refractivity contribution is 0.0227. The van der Waals surface area contributed by atoms with Crippen molar-refractivity contribution in [1.29, 1.82) is 0 Å². The summed E-state index contributed by atoms with van der Waals surface area (Å²) in [6.07, 6.45) is 2.27. The van der Waals surface area contributed by atoms with Crippen LogP contribution < -0.4 is 0 Å². The molecule has 1 aromatic carbocycles. The van der Waals surface area contributed by atoms with Gasteiger partial charge in [0.25, 0.3) is 0 Å². The Balaban J connectivity index is 2.05. The zero-order chi connectivity index (χ0) is 15.6. The van der Waals surface area contributed by atoms with E-state index in [0.717, 1.165) is 18.4 Å². The van der Waals surface area contributed by atoms with Gasteiger partial charge in [-0.25, -0.2) is 9.18 Å². The number of hydrogen-bond acceptors (Lipinski definition) is 2. The quantitative estimate of drug-likeness (QED) is 0.809. The normalized spacial score (nSPS) is 18.9. The van der Waals surface area contributed by atoms with E-state index >= 15 is 0 Å². The molecule has 1 saturated heterocycles. The number of likely N-dealkylation sites (tertiary alicyclic amines) is 1. The Morgan fingerprint density at radius 2 is 2.19 bits per heavy atom. The van der Waals surface area contributed by atoms with Crippen LogP contribution in [0, 0.1) is 5.82 Å². The lowest BCUT2D eigenvalue weighted by Crippen LogP contribution is -2.40. The number of carbonyl (C=O) groups is 1. The van der Waals surface area contributed by atoms with E-state index in [1.54, 1.807) is 17.0 Å². The van der Waals surface area contributed by atoms with Crippen LogP contribution in [0.25, 0.3) is 0 Å². The van der Waals surface area contributed by atoms with Crippen LogP contribution in [0.4, 0.5) is 9.18 Å². The van der Waals surface area contributed by atoms with Crippen molar-refractivity contribution in [2.45, 2.75) is 51.7 Å². The van der Waals surface area contributed by atoms with Gasteiger partial charge in [-0.1, -0.05) is 17.7 Å². The van der Waals surface area contributed by atoms with Gasteiger partial charge in [0, 0.05) is 12.6 Å². The van der Waals surface area contributed by atoms with Gasteiger partial charge in [-0.3, -0.25) is 0 Å². The van der Waals surface area contributed by atoms with Crippen LogP contribution in [0.3, 0.4) is 0 Å². The molecule has 1 amide bonds. The lowest BCUT2D eigenvalue weighted by Gasteiger charge is -2.28. The highest BCUT2D eigenvalue weighted by Crippen LogP contribution is 2.25. The summed E-state index contributed by atoms with van der Waals surface area (Å²) >= 11 is 5.81. The van der Waals surface area contributed by atoms with Gasteiger partial charge < -0.3 is 9.64 Å². The van der Waals surface area contributed by atoms with Crippen LogP contribution in [-0.2, 0) is 11.2 Å². The Labute approximate surface area is 130 Å². The Hall–Kier alpha value is -1.29. The number of ether oxygens (including phenoxy) is 1. The van der Waals surface area contributed by atoms with E-state index in [9.17, 15) is 9.18 Å². The number of halogens is 2. The monoisotopic (exact) mass is 313 g/mol. The second kappa shape index (κ2) is 6.22. The van der Waals surface area contributed by atoms with Crippen molar-refractivity contribution in [2.75, 3.05) is 6.54 Å². The van der Waals surface area contributed by atoms with Gasteiger partial charge >= 0.3 is 6.09 Å². The smallest absolute Gasteiger partial charge is 0.410 e. The van der Waals surface area contributed by atoms with E-state index in [1.165, 1.54) is 6.07 Å². The Kier molecular flexibility index (Phi) is 4.77. The van der Waals surface area contributed by atoms with Crippen molar-refractivity contribution < 1.29 is 13.9 Å². The van der Waals surface area contributed by atoms with Crippen molar-refractivity contribution >= 4 is 17.7 Å². The van der Waals surface area contributed by atoms with Crippen molar-refractivity contribution in [1.82, 2.24) is 4.90 Å². The zero-order valence-electron chi connectivity index (χ0n) is 12.7. The molecule has 21 heavy (non-hydrogen) atoms. The number of carbonyl (C=O) groups excluding carboxylic acids is 1. The Bertz CT molecular complexity index is 527. The lowest BCUT2D eigenvalue weighted by atomic mass is 10.0. The first kappa shape index (κ1) is 16.1. The summed E-state index contributed by atoms with van der Waals surface area (Å²) in [5, 5.41) is 0.120. The van der Waals surface area contributed by atoms with Gasteiger partial charge in [0.15, 0.2) is 0 Å². The van der Waals surface area contributed by atoms with Crippen LogP contribution in [0.2, 0.25) is 5.02 Å². The maximum absolute atomic E-state index is 13.2. The molecule has 1 aliphatic rings. The van der Waals surface area contributed by atoms with Gasteiger partial charge in [0.2, 0.25) is 0 Å². The highest BCUT2D eigenvalue weighted by atomic mass is 35.5. The van der Waals surface area contributed by atoms with Crippen LogP contribution >= 0.6 is 11.6 Å². The third-order valence-electron chi connectivity index (χ3n) is 3.46. The fraction of sp³-hybridized carbons (Fsp3) is 0.562. The third kappa shape index (κ3) is 4.34. The van der Waals surface area contributed by atoms with Crippen LogP contribution in [0.5, 0.6) is 0 Å². The molecule has 0 unspecified atom stereocenters. The maximum atomic E-state index is 13.2. The fourth-order valence-corrected chi connectivity index (χ4v) is 2.75. The van der Waals surface area contributed by atoms with Gasteiger partial charge in [-0.15, -0.1) is 0 Å². The second-order valence-electron chi connectivity index (χ2n) is 6.42. The molecule has 0 spiro atoms. The minimum atomic E-state index is -0.497. The summed E-state index contributed by atoms with van der Waals surface area (Å²) in [7, 11) is 0. The first-order valence-electron chi connectivity index (χ1n) is 7.20. The molecule has 0 aliphatic carbocycles. The van der Waals surface area contributed by atoms with Gasteiger partial charge in [-0.2, -0.15) is 0 Å². The van der Waals surface area contributed by atoms with Crippen molar-refractivity contribution in [3.05, 3.63) is 34.6 Å². The predicted octanol–water partition coefficient (Wildman–Crippen LogP) is 4.42. The number of amides is 1. The fourth-order valence-electron chi connectivity index (χ4n) is 2.55. The minimum Gasteiger partial charge on any atom is -0.444 e. The SMILES string of the molecule is CC(C)(C)OC(=O)N1CCC[C@H]1Cc1ccc(F)c(Cl)c1. The molecule has 0 radical (unpaired) electrons. The summed E-state index contributed by atoms with van der Waals surface area (Å²) < 4.78 is 18.6. The molecule has 2 rings (SSSR count). The Morgan fingerprint density at radius 1 is 1.48 bits per heavy atom. The molecule has 0 aromatic heterocycles. The van der Waals surface area contributed by atoms with E-state index in [0.29, 0.717) is 13.0 Å². The van der Waals surface area contributed by atoms with Crippen LogP contribution in [0.15, 0.2) is 18.2 Å². The molecule has 1 aliphatic heterocycles. The number of nitrogens with zero attached hydrogens (tertiary/aromatic N) is 1. The topological polar surface area (TPSA) is 29.5 Å². The van der Waals surface area contributed by atoms with E-state index in [2.05, 4.69) is 0 Å². The van der Waals surface area contributed by atoms with Crippen molar-refractivity contribution in [3.63, 3.8) is 0 Å². The molecular formula is C16H21ClFNO2. The van der Waals surface area contributed by atoms with Gasteiger partial charge in [0.05, 0.1) is 5.02 Å². The van der Waals surface area contributed by atoms with Gasteiger partial charge in [-0.05, 0) is 57.7 Å². The second-order valence-corrected chi connectivity index (χ2v) is 6.83. The van der Waals surface area contributed by atoms with E-state index in [1.807, 2.05) is 20.8 Å². The van der Waals surface area contributed by atoms with Crippen molar-refractivity contribution in [2.24, 2.45) is 0 Å². The molecular weight excluding hydrogens is 293 g/mol. The molecule has 0 N–H and O–H groups in total. The molecule has 1 heterocycles. The number of benzene rings is 1. The summed E-state index contributed by atoms with van der Waals surface area (Å²) in [4.78, 5) is 14.0. The van der Waals surface area contributed by atoms with E-state index < -0.39 is 11.4 Å². The predicted molar refractivity (Wildman–Crippen MR) is 81.1 cm³/mol. The maximum Gasteiger partial charge on any atom is 0.410 e. The molecule has 1 aromatic rings. The standard InChI is InChI=1S/C16H21ClFNO2/c1-16(2,3)21-15(20)19-8-4-5-12(19)9-11-6-7-14(18)13(17)10-11/h6-7,10,12H,4-5,8-9H2,1-3H3/t12-/m0/s1. The summed E-state index contributed by atoms with van der Waals surface area (Å²) in [5.41, 5.74) is 0.436. The molecule has 3 nitrogen and oxygen atoms in total.